The van der Waals surface area contributed by atoms with Crippen LogP contribution in [-0.4, -0.2) is 34.0 Å². The molecule has 1 saturated heterocycles. The standard InChI is InChI=1S/C22H28N2O2/c1-4-17-7-8-20(23-13-17)21(19-11-15(2)10-16(3)12-19)24-9-5-6-18(14-24)22(25)26/h7-8,10-13,18,21H,4-6,9,14H2,1-3H3,(H,25,26). The molecular formula is C22H28N2O2. The molecule has 0 amide bonds. The molecule has 1 aliphatic heterocycles. The van der Waals surface area contributed by atoms with E-state index in [2.05, 4.69) is 56.0 Å². The lowest BCUT2D eigenvalue weighted by Gasteiger charge is -2.37. The highest BCUT2D eigenvalue weighted by Gasteiger charge is 2.32. The fraction of sp³-hybridized carbons (Fsp3) is 0.455. The van der Waals surface area contributed by atoms with Crippen LogP contribution in [0.2, 0.25) is 0 Å². The molecule has 26 heavy (non-hydrogen) atoms. The van der Waals surface area contributed by atoms with Gasteiger partial charge in [-0.1, -0.05) is 42.3 Å². The monoisotopic (exact) mass is 352 g/mol. The molecule has 2 unspecified atom stereocenters. The van der Waals surface area contributed by atoms with Crippen molar-refractivity contribution in [1.82, 2.24) is 9.88 Å². The third-order valence-corrected chi connectivity index (χ3v) is 5.26. The molecule has 0 spiro atoms. The van der Waals surface area contributed by atoms with Crippen molar-refractivity contribution in [2.45, 2.75) is 46.1 Å². The molecule has 4 heteroatoms. The Hall–Kier alpha value is -2.20. The Bertz CT molecular complexity index is 750. The van der Waals surface area contributed by atoms with Crippen molar-refractivity contribution in [2.75, 3.05) is 13.1 Å². The number of pyridine rings is 1. The second-order valence-corrected chi connectivity index (χ2v) is 7.44. The number of aryl methyl sites for hydroxylation is 3. The molecule has 2 atom stereocenters. The molecule has 1 fully saturated rings. The SMILES string of the molecule is CCc1ccc(C(c2cc(C)cc(C)c2)N2CCCC(C(=O)O)C2)nc1. The number of aromatic nitrogens is 1. The topological polar surface area (TPSA) is 53.4 Å². The summed E-state index contributed by atoms with van der Waals surface area (Å²) in [6.07, 6.45) is 4.58. The number of rotatable bonds is 5. The highest BCUT2D eigenvalue weighted by atomic mass is 16.4. The first-order valence-electron chi connectivity index (χ1n) is 9.47. The van der Waals surface area contributed by atoms with Crippen LogP contribution < -0.4 is 0 Å². The van der Waals surface area contributed by atoms with Gasteiger partial charge in [-0.05, 0) is 56.8 Å². The Balaban J connectivity index is 2.01. The number of hydrogen-bond acceptors (Lipinski definition) is 3. The number of benzene rings is 1. The third kappa shape index (κ3) is 4.13. The summed E-state index contributed by atoms with van der Waals surface area (Å²) in [5.41, 5.74) is 5.86. The van der Waals surface area contributed by atoms with E-state index in [0.717, 1.165) is 31.5 Å². The van der Waals surface area contributed by atoms with Gasteiger partial charge in [0.2, 0.25) is 0 Å². The number of hydrogen-bond donors (Lipinski definition) is 1. The van der Waals surface area contributed by atoms with Crippen molar-refractivity contribution < 1.29 is 9.90 Å². The molecule has 1 aliphatic rings. The third-order valence-electron chi connectivity index (χ3n) is 5.26. The second kappa shape index (κ2) is 8.00. The molecule has 0 bridgehead atoms. The molecule has 3 rings (SSSR count). The number of carbonyl (C=O) groups is 1. The Morgan fingerprint density at radius 3 is 2.58 bits per heavy atom. The summed E-state index contributed by atoms with van der Waals surface area (Å²) >= 11 is 0. The van der Waals surface area contributed by atoms with Gasteiger partial charge in [0.1, 0.15) is 0 Å². The Labute approximate surface area is 155 Å². The van der Waals surface area contributed by atoms with E-state index in [1.165, 1.54) is 22.3 Å². The lowest BCUT2D eigenvalue weighted by atomic mass is 9.92. The zero-order valence-corrected chi connectivity index (χ0v) is 15.9. The van der Waals surface area contributed by atoms with E-state index in [1.807, 2.05) is 6.20 Å². The molecule has 0 radical (unpaired) electrons. The van der Waals surface area contributed by atoms with Crippen molar-refractivity contribution in [1.29, 1.82) is 0 Å². The predicted molar refractivity (Wildman–Crippen MR) is 103 cm³/mol. The molecule has 1 aromatic heterocycles. The summed E-state index contributed by atoms with van der Waals surface area (Å²) in [5, 5.41) is 9.49. The van der Waals surface area contributed by atoms with Crippen molar-refractivity contribution in [3.8, 4) is 0 Å². The number of likely N-dealkylation sites (tertiary alicyclic amines) is 1. The van der Waals surface area contributed by atoms with Gasteiger partial charge in [0, 0.05) is 12.7 Å². The van der Waals surface area contributed by atoms with E-state index >= 15 is 0 Å². The summed E-state index contributed by atoms with van der Waals surface area (Å²) in [5.74, 6) is -0.991. The van der Waals surface area contributed by atoms with Gasteiger partial charge in [-0.15, -0.1) is 0 Å². The van der Waals surface area contributed by atoms with Gasteiger partial charge in [-0.25, -0.2) is 0 Å². The second-order valence-electron chi connectivity index (χ2n) is 7.44. The number of carboxylic acids is 1. The summed E-state index contributed by atoms with van der Waals surface area (Å²) in [7, 11) is 0. The number of carboxylic acid groups (broad SMARTS) is 1. The van der Waals surface area contributed by atoms with Crippen LogP contribution >= 0.6 is 0 Å². The fourth-order valence-corrected chi connectivity index (χ4v) is 3.99. The van der Waals surface area contributed by atoms with Gasteiger partial charge in [0.25, 0.3) is 0 Å². The van der Waals surface area contributed by atoms with Gasteiger partial charge in [-0.3, -0.25) is 14.7 Å². The Morgan fingerprint density at radius 1 is 1.27 bits per heavy atom. The average Bonchev–Trinajstić information content (AvgIpc) is 2.62. The summed E-state index contributed by atoms with van der Waals surface area (Å²) in [6.45, 7) is 7.82. The quantitative estimate of drug-likeness (QED) is 0.878. The van der Waals surface area contributed by atoms with E-state index in [0.29, 0.717) is 6.54 Å². The van der Waals surface area contributed by atoms with Gasteiger partial charge in [-0.2, -0.15) is 0 Å². The molecule has 2 heterocycles. The van der Waals surface area contributed by atoms with Gasteiger partial charge in [0.05, 0.1) is 17.7 Å². The normalized spacial score (nSPS) is 19.3. The van der Waals surface area contributed by atoms with Crippen molar-refractivity contribution in [2.24, 2.45) is 5.92 Å². The maximum absolute atomic E-state index is 11.5. The Kier molecular flexibility index (Phi) is 5.72. The molecule has 4 nitrogen and oxygen atoms in total. The number of piperidine rings is 1. The molecule has 1 aromatic carbocycles. The van der Waals surface area contributed by atoms with Crippen LogP contribution in [0.25, 0.3) is 0 Å². The van der Waals surface area contributed by atoms with E-state index in [1.54, 1.807) is 0 Å². The first-order chi connectivity index (χ1) is 12.5. The molecule has 2 aromatic rings. The highest BCUT2D eigenvalue weighted by Crippen LogP contribution is 2.32. The van der Waals surface area contributed by atoms with Crippen LogP contribution in [0.4, 0.5) is 0 Å². The van der Waals surface area contributed by atoms with E-state index in [4.69, 9.17) is 4.98 Å². The number of aliphatic carboxylic acids is 1. The lowest BCUT2D eigenvalue weighted by Crippen LogP contribution is -2.41. The van der Waals surface area contributed by atoms with Gasteiger partial charge < -0.3 is 5.11 Å². The minimum absolute atomic E-state index is 0.00153. The smallest absolute Gasteiger partial charge is 0.307 e. The molecule has 138 valence electrons. The molecule has 0 saturated carbocycles. The largest absolute Gasteiger partial charge is 0.481 e. The van der Waals surface area contributed by atoms with Crippen LogP contribution in [0, 0.1) is 19.8 Å². The predicted octanol–water partition coefficient (Wildman–Crippen LogP) is 4.15. The molecular weight excluding hydrogens is 324 g/mol. The van der Waals surface area contributed by atoms with E-state index in [9.17, 15) is 9.90 Å². The summed E-state index contributed by atoms with van der Waals surface area (Å²) in [6, 6.07) is 10.8. The van der Waals surface area contributed by atoms with Crippen LogP contribution in [0.15, 0.2) is 36.5 Å². The molecule has 0 aliphatic carbocycles. The van der Waals surface area contributed by atoms with Gasteiger partial charge >= 0.3 is 5.97 Å². The van der Waals surface area contributed by atoms with Crippen molar-refractivity contribution in [3.05, 3.63) is 64.5 Å². The fourth-order valence-electron chi connectivity index (χ4n) is 3.99. The summed E-state index contributed by atoms with van der Waals surface area (Å²) in [4.78, 5) is 18.6. The van der Waals surface area contributed by atoms with Crippen LogP contribution in [0.3, 0.4) is 0 Å². The van der Waals surface area contributed by atoms with Crippen LogP contribution in [-0.2, 0) is 11.2 Å². The van der Waals surface area contributed by atoms with Crippen LogP contribution in [0.1, 0.15) is 53.8 Å². The highest BCUT2D eigenvalue weighted by molar-refractivity contribution is 5.70. The molecule has 1 N–H and O–H groups in total. The minimum atomic E-state index is -0.692. The maximum atomic E-state index is 11.5. The first-order valence-corrected chi connectivity index (χ1v) is 9.47. The van der Waals surface area contributed by atoms with E-state index in [-0.39, 0.29) is 12.0 Å². The lowest BCUT2D eigenvalue weighted by molar-refractivity contribution is -0.143. The maximum Gasteiger partial charge on any atom is 0.307 e. The van der Waals surface area contributed by atoms with Crippen LogP contribution in [0.5, 0.6) is 0 Å². The zero-order chi connectivity index (χ0) is 18.7. The van der Waals surface area contributed by atoms with E-state index < -0.39 is 5.97 Å². The van der Waals surface area contributed by atoms with Gasteiger partial charge in [0.15, 0.2) is 0 Å². The Morgan fingerprint density at radius 2 is 2.00 bits per heavy atom. The summed E-state index contributed by atoms with van der Waals surface area (Å²) < 4.78 is 0. The minimum Gasteiger partial charge on any atom is -0.481 e. The van der Waals surface area contributed by atoms with Crippen molar-refractivity contribution >= 4 is 5.97 Å². The first kappa shape index (κ1) is 18.6. The zero-order valence-electron chi connectivity index (χ0n) is 15.9. The average molecular weight is 352 g/mol. The van der Waals surface area contributed by atoms with Crippen molar-refractivity contribution in [3.63, 3.8) is 0 Å². The number of nitrogens with zero attached hydrogens (tertiary/aromatic N) is 2.